The largest absolute Gasteiger partial charge is 0.378 e. The fourth-order valence-corrected chi connectivity index (χ4v) is 7.23. The molecule has 2 aliphatic rings. The summed E-state index contributed by atoms with van der Waals surface area (Å²) in [5.74, 6) is 0.0965. The molecule has 160 valence electrons. The van der Waals surface area contributed by atoms with Crippen LogP contribution in [0.5, 0.6) is 0 Å². The van der Waals surface area contributed by atoms with E-state index in [1.54, 1.807) is 10.5 Å². The zero-order valence-electron chi connectivity index (χ0n) is 16.9. The Morgan fingerprint density at radius 3 is 2.97 bits per heavy atom. The van der Waals surface area contributed by atoms with Gasteiger partial charge in [-0.3, -0.25) is 5.10 Å². The summed E-state index contributed by atoms with van der Waals surface area (Å²) in [6.07, 6.45) is 4.88. The number of aromatic amines is 1. The Balaban J connectivity index is 1.56. The van der Waals surface area contributed by atoms with E-state index >= 15 is 0 Å². The highest BCUT2D eigenvalue weighted by Gasteiger charge is 2.46. The predicted octanol–water partition coefficient (Wildman–Crippen LogP) is 3.63. The first-order valence-electron chi connectivity index (χ1n) is 10.3. The number of nitrogens with one attached hydrogen (secondary N) is 2. The molecule has 0 radical (unpaired) electrons. The third kappa shape index (κ3) is 2.93. The molecule has 4 aromatic rings. The SMILES string of the molecule is CS(=O)(=O)N1CCC[C@H]2[C@@H](c3ccc4nc(N)sc4c3)Nc3ccc4[nH]ncc4c3[C@H]21. The molecule has 1 saturated heterocycles. The molecule has 2 aromatic carbocycles. The standard InChI is InChI=1S/C21H22N6O2S2/c1-31(28,29)27-8-2-3-12-19(11-4-5-15-17(9-11)30-21(22)25-15)24-16-7-6-14-13(10-23-26-14)18(16)20(12)27/h4-7,9-10,12,19-20,24H,2-3,8H2,1H3,(H2,22,25)(H,23,26)/t12-,19+,20-/m0/s1. The fraction of sp³-hybridized carbons (Fsp3) is 0.333. The number of nitrogen functional groups attached to an aromatic ring is 1. The van der Waals surface area contributed by atoms with Crippen molar-refractivity contribution in [3.63, 3.8) is 0 Å². The van der Waals surface area contributed by atoms with Crippen LogP contribution in [0.3, 0.4) is 0 Å². The van der Waals surface area contributed by atoms with Crippen molar-refractivity contribution in [1.82, 2.24) is 19.5 Å². The molecule has 0 bridgehead atoms. The zero-order valence-corrected chi connectivity index (χ0v) is 18.5. The smallest absolute Gasteiger partial charge is 0.211 e. The summed E-state index contributed by atoms with van der Waals surface area (Å²) in [4.78, 5) is 4.37. The molecule has 1 fully saturated rings. The Bertz CT molecular complexity index is 1430. The van der Waals surface area contributed by atoms with Crippen molar-refractivity contribution < 1.29 is 8.42 Å². The molecule has 8 nitrogen and oxygen atoms in total. The first-order valence-corrected chi connectivity index (χ1v) is 12.9. The summed E-state index contributed by atoms with van der Waals surface area (Å²) in [7, 11) is -3.38. The lowest BCUT2D eigenvalue weighted by Crippen LogP contribution is -2.47. The highest BCUT2D eigenvalue weighted by molar-refractivity contribution is 7.88. The molecule has 0 aliphatic carbocycles. The topological polar surface area (TPSA) is 117 Å². The number of sulfonamides is 1. The zero-order chi connectivity index (χ0) is 21.3. The van der Waals surface area contributed by atoms with Gasteiger partial charge >= 0.3 is 0 Å². The molecule has 0 unspecified atom stereocenters. The van der Waals surface area contributed by atoms with Gasteiger partial charge in [0.25, 0.3) is 0 Å². The number of H-pyrrole nitrogens is 1. The average Bonchev–Trinajstić information content (AvgIpc) is 3.36. The summed E-state index contributed by atoms with van der Waals surface area (Å²) in [5.41, 5.74) is 10.8. The van der Waals surface area contributed by atoms with Crippen LogP contribution < -0.4 is 11.1 Å². The van der Waals surface area contributed by atoms with Crippen LogP contribution in [0.25, 0.3) is 21.1 Å². The molecule has 31 heavy (non-hydrogen) atoms. The van der Waals surface area contributed by atoms with Crippen LogP contribution in [0.15, 0.2) is 36.5 Å². The molecule has 4 N–H and O–H groups in total. The number of hydrogen-bond acceptors (Lipinski definition) is 7. The summed E-state index contributed by atoms with van der Waals surface area (Å²) in [6, 6.07) is 9.98. The molecule has 2 aromatic heterocycles. The quantitative estimate of drug-likeness (QED) is 0.426. The Morgan fingerprint density at radius 1 is 1.26 bits per heavy atom. The van der Waals surface area contributed by atoms with Crippen molar-refractivity contribution in [1.29, 1.82) is 0 Å². The van der Waals surface area contributed by atoms with Gasteiger partial charge in [-0.1, -0.05) is 17.4 Å². The molecule has 0 amide bonds. The van der Waals surface area contributed by atoms with Gasteiger partial charge in [-0.05, 0) is 42.7 Å². The van der Waals surface area contributed by atoms with E-state index in [-0.39, 0.29) is 18.0 Å². The summed E-state index contributed by atoms with van der Waals surface area (Å²) in [6.45, 7) is 0.533. The Labute approximate surface area is 183 Å². The van der Waals surface area contributed by atoms with Crippen molar-refractivity contribution in [3.8, 4) is 0 Å². The van der Waals surface area contributed by atoms with Gasteiger partial charge in [-0.2, -0.15) is 9.40 Å². The van der Waals surface area contributed by atoms with E-state index in [9.17, 15) is 8.42 Å². The Kier molecular flexibility index (Phi) is 4.08. The second-order valence-electron chi connectivity index (χ2n) is 8.38. The van der Waals surface area contributed by atoms with Crippen molar-refractivity contribution in [2.45, 2.75) is 24.9 Å². The fourth-order valence-electron chi connectivity index (χ4n) is 5.31. The number of fused-ring (bicyclic) bond motifs is 6. The summed E-state index contributed by atoms with van der Waals surface area (Å²) < 4.78 is 28.3. The van der Waals surface area contributed by atoms with E-state index < -0.39 is 10.0 Å². The van der Waals surface area contributed by atoms with Gasteiger partial charge in [0.1, 0.15) is 0 Å². The second kappa shape index (κ2) is 6.65. The molecule has 3 atom stereocenters. The lowest BCUT2D eigenvalue weighted by atomic mass is 9.74. The van der Waals surface area contributed by atoms with Crippen molar-refractivity contribution in [2.24, 2.45) is 5.92 Å². The van der Waals surface area contributed by atoms with E-state index in [0.29, 0.717) is 11.7 Å². The second-order valence-corrected chi connectivity index (χ2v) is 11.4. The van der Waals surface area contributed by atoms with Gasteiger partial charge < -0.3 is 11.1 Å². The van der Waals surface area contributed by atoms with Gasteiger partial charge in [-0.15, -0.1) is 0 Å². The number of aromatic nitrogens is 3. The van der Waals surface area contributed by atoms with E-state index in [2.05, 4.69) is 32.6 Å². The number of anilines is 2. The molecule has 0 spiro atoms. The lowest BCUT2D eigenvalue weighted by Gasteiger charge is -2.48. The van der Waals surface area contributed by atoms with Crippen LogP contribution in [-0.4, -0.2) is 40.7 Å². The third-order valence-electron chi connectivity index (χ3n) is 6.55. The molecule has 4 heterocycles. The monoisotopic (exact) mass is 454 g/mol. The van der Waals surface area contributed by atoms with Crippen molar-refractivity contribution in [2.75, 3.05) is 23.9 Å². The van der Waals surface area contributed by atoms with Crippen LogP contribution in [0, 0.1) is 5.92 Å². The lowest BCUT2D eigenvalue weighted by molar-refractivity contribution is 0.154. The van der Waals surface area contributed by atoms with Crippen LogP contribution >= 0.6 is 11.3 Å². The molecular formula is C21H22N6O2S2. The minimum Gasteiger partial charge on any atom is -0.378 e. The number of nitrogens with two attached hydrogens (primary N) is 1. The van der Waals surface area contributed by atoms with Crippen LogP contribution in [0.4, 0.5) is 10.8 Å². The highest BCUT2D eigenvalue weighted by atomic mass is 32.2. The predicted molar refractivity (Wildman–Crippen MR) is 124 cm³/mol. The first-order chi connectivity index (χ1) is 14.9. The van der Waals surface area contributed by atoms with Gasteiger partial charge in [0.05, 0.1) is 40.3 Å². The van der Waals surface area contributed by atoms with Crippen LogP contribution in [0.2, 0.25) is 0 Å². The summed E-state index contributed by atoms with van der Waals surface area (Å²) >= 11 is 1.47. The van der Waals surface area contributed by atoms with Gasteiger partial charge in [0.15, 0.2) is 5.13 Å². The molecular weight excluding hydrogens is 432 g/mol. The molecule has 2 aliphatic heterocycles. The normalized spacial score (nSPS) is 24.1. The number of piperidine rings is 1. The third-order valence-corrected chi connectivity index (χ3v) is 8.66. The van der Waals surface area contributed by atoms with E-state index in [4.69, 9.17) is 5.73 Å². The first kappa shape index (κ1) is 19.0. The van der Waals surface area contributed by atoms with Crippen molar-refractivity contribution >= 4 is 53.3 Å². The van der Waals surface area contributed by atoms with Gasteiger partial charge in [0.2, 0.25) is 10.0 Å². The molecule has 0 saturated carbocycles. The maximum atomic E-state index is 12.8. The van der Waals surface area contributed by atoms with Crippen LogP contribution in [0.1, 0.15) is 36.1 Å². The maximum absolute atomic E-state index is 12.8. The minimum atomic E-state index is -3.38. The summed E-state index contributed by atoms with van der Waals surface area (Å²) in [5, 5.41) is 12.5. The molecule has 10 heteroatoms. The Morgan fingerprint density at radius 2 is 2.13 bits per heavy atom. The number of nitrogens with zero attached hydrogens (tertiary/aromatic N) is 3. The number of benzene rings is 2. The van der Waals surface area contributed by atoms with E-state index in [1.165, 1.54) is 17.6 Å². The number of rotatable bonds is 2. The molecule has 6 rings (SSSR count). The highest BCUT2D eigenvalue weighted by Crippen LogP contribution is 2.53. The van der Waals surface area contributed by atoms with Crippen molar-refractivity contribution in [3.05, 3.63) is 47.7 Å². The minimum absolute atomic E-state index is 0.0147. The number of hydrogen-bond donors (Lipinski definition) is 3. The van der Waals surface area contributed by atoms with Gasteiger partial charge in [0, 0.05) is 29.1 Å². The van der Waals surface area contributed by atoms with Gasteiger partial charge in [-0.25, -0.2) is 13.4 Å². The van der Waals surface area contributed by atoms with E-state index in [1.807, 2.05) is 18.2 Å². The maximum Gasteiger partial charge on any atom is 0.211 e. The average molecular weight is 455 g/mol. The Hall–Kier alpha value is -2.69. The van der Waals surface area contributed by atoms with E-state index in [0.717, 1.165) is 50.8 Å². The van der Waals surface area contributed by atoms with Crippen LogP contribution in [-0.2, 0) is 10.0 Å². The number of thiazole rings is 1.